The van der Waals surface area contributed by atoms with Crippen molar-refractivity contribution in [1.82, 2.24) is 16.0 Å². The van der Waals surface area contributed by atoms with Crippen LogP contribution in [0.5, 0.6) is 0 Å². The minimum Gasteiger partial charge on any atom is -0.480 e. The summed E-state index contributed by atoms with van der Waals surface area (Å²) in [5.41, 5.74) is 20.8. The number of rotatable bonds is 17. The minimum absolute atomic E-state index is 0.0958. The highest BCUT2D eigenvalue weighted by Crippen LogP contribution is 2.08. The van der Waals surface area contributed by atoms with E-state index in [4.69, 9.17) is 22.9 Å². The number of aliphatic carboxylic acids is 1. The average molecular weight is 502 g/mol. The third kappa shape index (κ3) is 13.5. The van der Waals surface area contributed by atoms with Gasteiger partial charge < -0.3 is 44.0 Å². The Balaban J connectivity index is 5.60. The number of primary amides is 3. The van der Waals surface area contributed by atoms with Crippen LogP contribution in [0.4, 0.5) is 0 Å². The Bertz CT molecular complexity index is 817. The smallest absolute Gasteiger partial charge is 0.326 e. The van der Waals surface area contributed by atoms with E-state index >= 15 is 0 Å². The molecule has 4 atom stereocenters. The normalized spacial score (nSPS) is 14.2. The summed E-state index contributed by atoms with van der Waals surface area (Å²) in [7, 11) is 0. The van der Waals surface area contributed by atoms with Gasteiger partial charge in [-0.15, -0.1) is 0 Å². The first kappa shape index (κ1) is 31.2. The summed E-state index contributed by atoms with van der Waals surface area (Å²) in [6.07, 6.45) is -1.52. The molecule has 198 valence electrons. The number of carboxylic acid groups (broad SMARTS) is 1. The Morgan fingerprint density at radius 3 is 1.54 bits per heavy atom. The Hall–Kier alpha value is -3.75. The highest BCUT2D eigenvalue weighted by atomic mass is 16.4. The predicted octanol–water partition coefficient (Wildman–Crippen LogP) is -3.69. The van der Waals surface area contributed by atoms with Crippen LogP contribution >= 0.6 is 0 Å². The molecule has 0 aromatic carbocycles. The maximum absolute atomic E-state index is 12.9. The highest BCUT2D eigenvalue weighted by molar-refractivity contribution is 5.95. The van der Waals surface area contributed by atoms with Gasteiger partial charge in [-0.25, -0.2) is 4.79 Å². The molecule has 35 heavy (non-hydrogen) atoms. The summed E-state index contributed by atoms with van der Waals surface area (Å²) in [5.74, 6) is -6.47. The zero-order chi connectivity index (χ0) is 27.3. The fourth-order valence-electron chi connectivity index (χ4n) is 2.94. The maximum Gasteiger partial charge on any atom is 0.326 e. The molecule has 0 aliphatic heterocycles. The first-order chi connectivity index (χ1) is 16.1. The van der Waals surface area contributed by atoms with Gasteiger partial charge in [0.2, 0.25) is 35.4 Å². The topological polar surface area (TPSA) is 280 Å². The second kappa shape index (κ2) is 15.2. The molecule has 0 aromatic heterocycles. The third-order valence-electron chi connectivity index (χ3n) is 4.70. The standard InChI is InChI=1S/C20H35N7O8/c1-9(2)7-13(27-17(31)10(21)8-16(24)30)19(33)25-11(3-5-14(22)28)18(32)26-12(20(34)35)4-6-15(23)29/h9-13H,3-8,21H2,1-2H3,(H2,22,28)(H2,23,29)(H2,24,30)(H,25,33)(H,26,32)(H,27,31)(H,34,35). The van der Waals surface area contributed by atoms with Crippen molar-refractivity contribution < 1.29 is 38.7 Å². The van der Waals surface area contributed by atoms with Gasteiger partial charge in [0, 0.05) is 12.8 Å². The Labute approximate surface area is 202 Å². The van der Waals surface area contributed by atoms with E-state index in [1.54, 1.807) is 13.8 Å². The van der Waals surface area contributed by atoms with E-state index in [1.807, 2.05) is 0 Å². The van der Waals surface area contributed by atoms with Gasteiger partial charge in [0.05, 0.1) is 12.5 Å². The molecule has 0 rings (SSSR count). The van der Waals surface area contributed by atoms with E-state index in [0.29, 0.717) is 0 Å². The summed E-state index contributed by atoms with van der Waals surface area (Å²) in [5, 5.41) is 16.3. The molecule has 15 heteroatoms. The first-order valence-corrected chi connectivity index (χ1v) is 10.9. The van der Waals surface area contributed by atoms with Crippen molar-refractivity contribution in [1.29, 1.82) is 0 Å². The van der Waals surface area contributed by atoms with Crippen molar-refractivity contribution >= 4 is 41.4 Å². The SMILES string of the molecule is CC(C)CC(NC(=O)C(N)CC(N)=O)C(=O)NC(CCC(N)=O)C(=O)NC(CCC(N)=O)C(=O)O. The quantitative estimate of drug-likeness (QED) is 0.0971. The fourth-order valence-corrected chi connectivity index (χ4v) is 2.94. The summed E-state index contributed by atoms with van der Waals surface area (Å²) >= 11 is 0. The molecule has 0 heterocycles. The van der Waals surface area contributed by atoms with Crippen molar-refractivity contribution in [3.05, 3.63) is 0 Å². The molecule has 15 nitrogen and oxygen atoms in total. The van der Waals surface area contributed by atoms with Crippen molar-refractivity contribution in [2.45, 2.75) is 76.5 Å². The van der Waals surface area contributed by atoms with Crippen LogP contribution in [-0.4, -0.2) is 70.7 Å². The Morgan fingerprint density at radius 1 is 0.686 bits per heavy atom. The van der Waals surface area contributed by atoms with Crippen LogP contribution in [0, 0.1) is 5.92 Å². The molecule has 0 aromatic rings. The van der Waals surface area contributed by atoms with Crippen molar-refractivity contribution in [3.8, 4) is 0 Å². The molecule has 0 aliphatic carbocycles. The number of carboxylic acids is 1. The second-order valence-corrected chi connectivity index (χ2v) is 8.44. The van der Waals surface area contributed by atoms with Gasteiger partial charge in [0.15, 0.2) is 0 Å². The van der Waals surface area contributed by atoms with Gasteiger partial charge in [-0.05, 0) is 25.2 Å². The van der Waals surface area contributed by atoms with Crippen LogP contribution in [0.3, 0.4) is 0 Å². The summed E-state index contributed by atoms with van der Waals surface area (Å²) in [4.78, 5) is 82.6. The maximum atomic E-state index is 12.9. The largest absolute Gasteiger partial charge is 0.480 e. The summed E-state index contributed by atoms with van der Waals surface area (Å²) < 4.78 is 0. The van der Waals surface area contributed by atoms with Crippen LogP contribution in [0.2, 0.25) is 0 Å². The summed E-state index contributed by atoms with van der Waals surface area (Å²) in [6.45, 7) is 3.53. The lowest BCUT2D eigenvalue weighted by Crippen LogP contribution is -2.57. The molecular formula is C20H35N7O8. The molecule has 0 radical (unpaired) electrons. The molecule has 0 saturated carbocycles. The second-order valence-electron chi connectivity index (χ2n) is 8.44. The van der Waals surface area contributed by atoms with E-state index in [9.17, 15) is 38.7 Å². The summed E-state index contributed by atoms with van der Waals surface area (Å²) in [6, 6.07) is -5.35. The van der Waals surface area contributed by atoms with E-state index in [-0.39, 0.29) is 38.0 Å². The lowest BCUT2D eigenvalue weighted by atomic mass is 10.0. The molecule has 6 amide bonds. The molecule has 12 N–H and O–H groups in total. The lowest BCUT2D eigenvalue weighted by Gasteiger charge is -2.25. The Morgan fingerprint density at radius 2 is 1.11 bits per heavy atom. The number of carbonyl (C=O) groups is 7. The molecule has 0 fully saturated rings. The van der Waals surface area contributed by atoms with Gasteiger partial charge in [-0.3, -0.25) is 28.8 Å². The average Bonchev–Trinajstić information content (AvgIpc) is 2.71. The van der Waals surface area contributed by atoms with E-state index < -0.39 is 72.0 Å². The zero-order valence-electron chi connectivity index (χ0n) is 19.7. The zero-order valence-corrected chi connectivity index (χ0v) is 19.7. The Kier molecular flexibility index (Phi) is 13.6. The molecular weight excluding hydrogens is 466 g/mol. The fraction of sp³-hybridized carbons (Fsp3) is 0.650. The van der Waals surface area contributed by atoms with Crippen LogP contribution in [0.1, 0.15) is 52.4 Å². The van der Waals surface area contributed by atoms with Crippen molar-refractivity contribution in [2.75, 3.05) is 0 Å². The van der Waals surface area contributed by atoms with Crippen molar-refractivity contribution in [2.24, 2.45) is 28.9 Å². The van der Waals surface area contributed by atoms with Crippen LogP contribution < -0.4 is 38.9 Å². The molecule has 0 saturated heterocycles. The van der Waals surface area contributed by atoms with E-state index in [1.165, 1.54) is 0 Å². The molecule has 0 spiro atoms. The predicted molar refractivity (Wildman–Crippen MR) is 122 cm³/mol. The highest BCUT2D eigenvalue weighted by Gasteiger charge is 2.31. The van der Waals surface area contributed by atoms with Crippen LogP contribution in [0.25, 0.3) is 0 Å². The van der Waals surface area contributed by atoms with Crippen molar-refractivity contribution in [3.63, 3.8) is 0 Å². The lowest BCUT2D eigenvalue weighted by molar-refractivity contribution is -0.142. The van der Waals surface area contributed by atoms with Gasteiger partial charge in [-0.2, -0.15) is 0 Å². The van der Waals surface area contributed by atoms with Gasteiger partial charge >= 0.3 is 5.97 Å². The molecule has 0 bridgehead atoms. The van der Waals surface area contributed by atoms with Gasteiger partial charge in [0.1, 0.15) is 18.1 Å². The monoisotopic (exact) mass is 501 g/mol. The van der Waals surface area contributed by atoms with Crippen LogP contribution in [0.15, 0.2) is 0 Å². The third-order valence-corrected chi connectivity index (χ3v) is 4.70. The molecule has 0 aliphatic rings. The number of amides is 6. The number of nitrogens with one attached hydrogen (secondary N) is 3. The van der Waals surface area contributed by atoms with Gasteiger partial charge in [0.25, 0.3) is 0 Å². The number of hydrogen-bond donors (Lipinski definition) is 8. The first-order valence-electron chi connectivity index (χ1n) is 10.9. The minimum atomic E-state index is -1.49. The number of hydrogen-bond acceptors (Lipinski definition) is 8. The number of carbonyl (C=O) groups excluding carboxylic acids is 6. The van der Waals surface area contributed by atoms with Gasteiger partial charge in [-0.1, -0.05) is 13.8 Å². The van der Waals surface area contributed by atoms with E-state index in [0.717, 1.165) is 0 Å². The van der Waals surface area contributed by atoms with Crippen LogP contribution in [-0.2, 0) is 33.6 Å². The van der Waals surface area contributed by atoms with E-state index in [2.05, 4.69) is 16.0 Å². The molecule has 4 unspecified atom stereocenters. The number of nitrogens with two attached hydrogens (primary N) is 4.